The average Bonchev–Trinajstić information content (AvgIpc) is 3.83. The molecule has 16 heteroatoms. The van der Waals surface area contributed by atoms with E-state index in [4.69, 9.17) is 5.73 Å². The van der Waals surface area contributed by atoms with Crippen LogP contribution in [-0.2, 0) is 16.1 Å². The third kappa shape index (κ3) is 4.87. The number of hydrogen-bond acceptors (Lipinski definition) is 10. The number of benzene rings is 1. The monoisotopic (exact) mass is 630 g/mol. The minimum absolute atomic E-state index is 0.0107. The highest BCUT2D eigenvalue weighted by molar-refractivity contribution is 7.15. The summed E-state index contributed by atoms with van der Waals surface area (Å²) in [4.78, 5) is 50.2. The maximum atomic E-state index is 14.7. The van der Waals surface area contributed by atoms with E-state index in [1.807, 2.05) is 28.3 Å². The molecule has 0 saturated carbocycles. The molecule has 1 saturated heterocycles. The first-order valence-electron chi connectivity index (χ1n) is 13.5. The Morgan fingerprint density at radius 3 is 2.80 bits per heavy atom. The van der Waals surface area contributed by atoms with Crippen LogP contribution in [0.1, 0.15) is 22.6 Å². The fourth-order valence-corrected chi connectivity index (χ4v) is 6.94. The molecule has 1 aromatic carbocycles. The number of alkyl halides is 1. The van der Waals surface area contributed by atoms with Crippen molar-refractivity contribution in [1.82, 2.24) is 39.2 Å². The number of hydrogen-bond donors (Lipinski definition) is 2. The fraction of sp³-hybridized carbons (Fsp3) is 0.214. The molecule has 2 unspecified atom stereocenters. The second-order valence-corrected chi connectivity index (χ2v) is 12.0. The number of carbonyl (C=O) groups is 3. The molecule has 44 heavy (non-hydrogen) atoms. The number of aromatic nitrogens is 7. The summed E-state index contributed by atoms with van der Waals surface area (Å²) in [5.41, 5.74) is 9.89. The van der Waals surface area contributed by atoms with Gasteiger partial charge in [0.15, 0.2) is 15.8 Å². The summed E-state index contributed by atoms with van der Waals surface area (Å²) in [5, 5.41) is 19.2. The zero-order valence-electron chi connectivity index (χ0n) is 23.0. The molecule has 3 amide bonds. The summed E-state index contributed by atoms with van der Waals surface area (Å²) in [6.07, 6.45) is 3.51. The number of amides is 3. The van der Waals surface area contributed by atoms with Crippen molar-refractivity contribution in [2.24, 2.45) is 5.73 Å². The summed E-state index contributed by atoms with van der Waals surface area (Å²) in [6.45, 7) is 1.32. The minimum atomic E-state index is -1.38. The van der Waals surface area contributed by atoms with E-state index in [-0.39, 0.29) is 25.2 Å². The third-order valence-corrected chi connectivity index (χ3v) is 8.99. The van der Waals surface area contributed by atoms with Crippen LogP contribution in [0.15, 0.2) is 53.6 Å². The number of carbonyl (C=O) groups excluding carboxylic acids is 3. The van der Waals surface area contributed by atoms with E-state index < -0.39 is 29.9 Å². The van der Waals surface area contributed by atoms with Gasteiger partial charge in [0.25, 0.3) is 5.91 Å². The van der Waals surface area contributed by atoms with Crippen molar-refractivity contribution in [3.05, 3.63) is 65.0 Å². The molecule has 1 aliphatic heterocycles. The molecule has 7 rings (SSSR count). The van der Waals surface area contributed by atoms with Crippen molar-refractivity contribution in [2.75, 3.05) is 11.9 Å². The van der Waals surface area contributed by atoms with E-state index in [9.17, 15) is 18.8 Å². The van der Waals surface area contributed by atoms with E-state index >= 15 is 0 Å². The Labute approximate surface area is 256 Å². The van der Waals surface area contributed by atoms with Crippen LogP contribution in [0.4, 0.5) is 9.52 Å². The van der Waals surface area contributed by atoms with Gasteiger partial charge >= 0.3 is 0 Å². The molecular weight excluding hydrogens is 608 g/mol. The van der Waals surface area contributed by atoms with Crippen LogP contribution in [0, 0.1) is 6.92 Å². The summed E-state index contributed by atoms with van der Waals surface area (Å²) in [6, 6.07) is 5.98. The first-order valence-corrected chi connectivity index (χ1v) is 15.2. The van der Waals surface area contributed by atoms with Crippen LogP contribution >= 0.6 is 22.7 Å². The molecule has 13 nitrogen and oxygen atoms in total. The van der Waals surface area contributed by atoms with Gasteiger partial charge in [0.05, 0.1) is 35.8 Å². The summed E-state index contributed by atoms with van der Waals surface area (Å²) < 4.78 is 17.9. The largest absolute Gasteiger partial charge is 0.364 e. The molecule has 5 aromatic heterocycles. The fourth-order valence-electron chi connectivity index (χ4n) is 5.48. The standard InChI is InChI=1S/C28H23FN10O3S2/c1-14-24(37-6-7-43-28(37)33-14)19-13-44-27(34-19)35-26(42)21-9-17(29)11-38(21)22(40)12-39-20-3-2-15(16-4-5-31-32-10-16)8-18(20)23(36-39)25(30)41/h2-8,10,13,17,21H,9,11-12H2,1H3,(H2,30,41)(H,34,35,42). The second-order valence-electron chi connectivity index (χ2n) is 10.3. The molecule has 1 fully saturated rings. The van der Waals surface area contributed by atoms with Crippen molar-refractivity contribution < 1.29 is 18.8 Å². The number of anilines is 1. The SMILES string of the molecule is Cc1nc2sccn2c1-c1csc(NC(=O)C2CC(F)CN2C(=O)Cn2nc(C(N)=O)c3cc(-c4ccnnc4)ccc32)n1. The van der Waals surface area contributed by atoms with Gasteiger partial charge in [0.2, 0.25) is 11.8 Å². The molecule has 0 bridgehead atoms. The van der Waals surface area contributed by atoms with E-state index in [0.717, 1.165) is 27.5 Å². The zero-order chi connectivity index (χ0) is 30.5. The molecule has 0 spiro atoms. The van der Waals surface area contributed by atoms with Crippen LogP contribution in [0.2, 0.25) is 0 Å². The lowest BCUT2D eigenvalue weighted by Crippen LogP contribution is -2.44. The average molecular weight is 631 g/mol. The van der Waals surface area contributed by atoms with Crippen LogP contribution in [0.5, 0.6) is 0 Å². The van der Waals surface area contributed by atoms with Crippen molar-refractivity contribution in [3.63, 3.8) is 0 Å². The van der Waals surface area contributed by atoms with Gasteiger partial charge < -0.3 is 16.0 Å². The highest BCUT2D eigenvalue weighted by Gasteiger charge is 2.40. The third-order valence-electron chi connectivity index (χ3n) is 7.47. The lowest BCUT2D eigenvalue weighted by molar-refractivity contribution is -0.137. The maximum absolute atomic E-state index is 14.7. The Hall–Kier alpha value is -5.09. The van der Waals surface area contributed by atoms with Gasteiger partial charge in [-0.3, -0.25) is 23.5 Å². The smallest absolute Gasteiger partial charge is 0.269 e. The van der Waals surface area contributed by atoms with E-state index in [1.165, 1.54) is 32.3 Å². The number of halogens is 1. The Kier molecular flexibility index (Phi) is 6.85. The first kappa shape index (κ1) is 27.7. The van der Waals surface area contributed by atoms with Crippen molar-refractivity contribution in [2.45, 2.75) is 32.1 Å². The number of primary amides is 1. The molecule has 3 N–H and O–H groups in total. The van der Waals surface area contributed by atoms with E-state index in [2.05, 4.69) is 30.6 Å². The predicted molar refractivity (Wildman–Crippen MR) is 162 cm³/mol. The number of imidazole rings is 1. The van der Waals surface area contributed by atoms with Crippen LogP contribution in [0.25, 0.3) is 38.4 Å². The number of rotatable bonds is 7. The highest BCUT2D eigenvalue weighted by Crippen LogP contribution is 2.31. The quantitative estimate of drug-likeness (QED) is 0.271. The van der Waals surface area contributed by atoms with Crippen LogP contribution in [0.3, 0.4) is 0 Å². The van der Waals surface area contributed by atoms with Crippen molar-refractivity contribution in [3.8, 4) is 22.5 Å². The number of aryl methyl sites for hydroxylation is 1. The molecule has 222 valence electrons. The molecule has 0 aliphatic carbocycles. The zero-order valence-corrected chi connectivity index (χ0v) is 24.7. The number of nitrogens with one attached hydrogen (secondary N) is 1. The molecule has 2 atom stereocenters. The topological polar surface area (TPSA) is 166 Å². The summed E-state index contributed by atoms with van der Waals surface area (Å²) in [5.74, 6) is -1.83. The van der Waals surface area contributed by atoms with Crippen LogP contribution < -0.4 is 11.1 Å². The Bertz CT molecular complexity index is 2070. The number of thiazole rings is 2. The highest BCUT2D eigenvalue weighted by atomic mass is 32.1. The number of nitrogens with two attached hydrogens (primary N) is 1. The van der Waals surface area contributed by atoms with Gasteiger partial charge in [0, 0.05) is 34.3 Å². The molecule has 6 heterocycles. The van der Waals surface area contributed by atoms with Crippen molar-refractivity contribution >= 4 is 61.4 Å². The van der Waals surface area contributed by atoms with Gasteiger partial charge in [-0.05, 0) is 30.7 Å². The molecule has 1 aliphatic rings. The van der Waals surface area contributed by atoms with Gasteiger partial charge in [-0.2, -0.15) is 15.3 Å². The number of likely N-dealkylation sites (tertiary alicyclic amines) is 1. The molecular formula is C28H23FN10O3S2. The Morgan fingerprint density at radius 1 is 1.14 bits per heavy atom. The van der Waals surface area contributed by atoms with E-state index in [0.29, 0.717) is 21.7 Å². The van der Waals surface area contributed by atoms with Gasteiger partial charge in [-0.1, -0.05) is 6.07 Å². The Morgan fingerprint density at radius 2 is 2.00 bits per heavy atom. The maximum Gasteiger partial charge on any atom is 0.269 e. The molecule has 0 radical (unpaired) electrons. The number of nitrogens with zero attached hydrogens (tertiary/aromatic N) is 8. The summed E-state index contributed by atoms with van der Waals surface area (Å²) in [7, 11) is 0. The predicted octanol–water partition coefficient (Wildman–Crippen LogP) is 3.31. The van der Waals surface area contributed by atoms with E-state index in [1.54, 1.807) is 36.7 Å². The van der Waals surface area contributed by atoms with Gasteiger partial charge in [-0.25, -0.2) is 14.4 Å². The summed E-state index contributed by atoms with van der Waals surface area (Å²) >= 11 is 2.74. The Balaban J connectivity index is 1.11. The second kappa shape index (κ2) is 10.9. The van der Waals surface area contributed by atoms with Crippen molar-refractivity contribution in [1.29, 1.82) is 0 Å². The normalized spacial score (nSPS) is 16.6. The first-order chi connectivity index (χ1) is 21.3. The number of fused-ring (bicyclic) bond motifs is 2. The minimum Gasteiger partial charge on any atom is -0.364 e. The van der Waals surface area contributed by atoms with Gasteiger partial charge in [-0.15, -0.1) is 22.7 Å². The lowest BCUT2D eigenvalue weighted by Gasteiger charge is -2.23. The lowest BCUT2D eigenvalue weighted by atomic mass is 10.0. The van der Waals surface area contributed by atoms with Crippen LogP contribution in [-0.4, -0.2) is 75.7 Å². The van der Waals surface area contributed by atoms with Gasteiger partial charge in [0.1, 0.15) is 24.5 Å². The molecule has 6 aromatic rings.